The molecule has 2 aromatic rings. The second kappa shape index (κ2) is 6.91. The number of nitrogens with one attached hydrogen (secondary N) is 1. The second-order valence-electron chi connectivity index (χ2n) is 5.98. The first-order chi connectivity index (χ1) is 10.1. The molecule has 1 N–H and O–H groups in total. The molecule has 1 atom stereocenters. The van der Waals surface area contributed by atoms with E-state index in [0.717, 1.165) is 13.0 Å². The van der Waals surface area contributed by atoms with Gasteiger partial charge in [0.1, 0.15) is 0 Å². The summed E-state index contributed by atoms with van der Waals surface area (Å²) in [6, 6.07) is 13.5. The van der Waals surface area contributed by atoms with E-state index in [2.05, 4.69) is 76.3 Å². The Kier molecular flexibility index (Phi) is 5.19. The first-order valence-electron chi connectivity index (χ1n) is 7.91. The summed E-state index contributed by atoms with van der Waals surface area (Å²) in [7, 11) is 0. The van der Waals surface area contributed by atoms with Crippen LogP contribution in [0.2, 0.25) is 0 Å². The fraction of sp³-hybridized carbons (Fsp3) is 0.400. The van der Waals surface area contributed by atoms with Crippen molar-refractivity contribution in [2.24, 2.45) is 0 Å². The van der Waals surface area contributed by atoms with Gasteiger partial charge in [0.15, 0.2) is 0 Å². The van der Waals surface area contributed by atoms with Gasteiger partial charge in [0, 0.05) is 0 Å². The highest BCUT2D eigenvalue weighted by Crippen LogP contribution is 2.30. The topological polar surface area (TPSA) is 12.0 Å². The molecule has 1 nitrogen and oxygen atoms in total. The van der Waals surface area contributed by atoms with E-state index in [1.54, 1.807) is 0 Å². The zero-order valence-corrected chi connectivity index (χ0v) is 14.0. The molecule has 0 spiro atoms. The SMILES string of the molecule is CCCNC(c1cccc(C)c1C)c1c(C)cccc1C. The molecule has 0 fully saturated rings. The molecule has 1 heteroatoms. The molecule has 21 heavy (non-hydrogen) atoms. The molecule has 0 bridgehead atoms. The van der Waals surface area contributed by atoms with Crippen molar-refractivity contribution >= 4 is 0 Å². The van der Waals surface area contributed by atoms with Gasteiger partial charge in [0.25, 0.3) is 0 Å². The zero-order chi connectivity index (χ0) is 15.4. The highest BCUT2D eigenvalue weighted by molar-refractivity contribution is 5.45. The Morgan fingerprint density at radius 3 is 2.05 bits per heavy atom. The van der Waals surface area contributed by atoms with E-state index in [1.165, 1.54) is 33.4 Å². The van der Waals surface area contributed by atoms with E-state index in [9.17, 15) is 0 Å². The molecule has 2 rings (SSSR count). The summed E-state index contributed by atoms with van der Waals surface area (Å²) in [5.41, 5.74) is 8.32. The summed E-state index contributed by atoms with van der Waals surface area (Å²) in [5.74, 6) is 0. The summed E-state index contributed by atoms with van der Waals surface area (Å²) in [4.78, 5) is 0. The minimum absolute atomic E-state index is 0.283. The van der Waals surface area contributed by atoms with Crippen molar-refractivity contribution in [1.29, 1.82) is 0 Å². The van der Waals surface area contributed by atoms with Gasteiger partial charge in [-0.3, -0.25) is 0 Å². The monoisotopic (exact) mass is 281 g/mol. The molecule has 0 saturated heterocycles. The fourth-order valence-electron chi connectivity index (χ4n) is 3.03. The van der Waals surface area contributed by atoms with Crippen molar-refractivity contribution in [1.82, 2.24) is 5.32 Å². The highest BCUT2D eigenvalue weighted by Gasteiger charge is 2.19. The van der Waals surface area contributed by atoms with E-state index >= 15 is 0 Å². The Morgan fingerprint density at radius 1 is 0.857 bits per heavy atom. The first kappa shape index (κ1) is 15.8. The quantitative estimate of drug-likeness (QED) is 0.812. The highest BCUT2D eigenvalue weighted by atomic mass is 14.9. The number of rotatable bonds is 5. The van der Waals surface area contributed by atoms with Crippen LogP contribution in [0.4, 0.5) is 0 Å². The largest absolute Gasteiger partial charge is 0.306 e. The van der Waals surface area contributed by atoms with Crippen molar-refractivity contribution in [3.8, 4) is 0 Å². The van der Waals surface area contributed by atoms with Gasteiger partial charge in [0.2, 0.25) is 0 Å². The van der Waals surface area contributed by atoms with Crippen molar-refractivity contribution < 1.29 is 0 Å². The van der Waals surface area contributed by atoms with Gasteiger partial charge >= 0.3 is 0 Å². The van der Waals surface area contributed by atoms with E-state index < -0.39 is 0 Å². The van der Waals surface area contributed by atoms with Crippen LogP contribution in [0.15, 0.2) is 36.4 Å². The minimum atomic E-state index is 0.283. The lowest BCUT2D eigenvalue weighted by atomic mass is 9.88. The molecule has 1 unspecified atom stereocenters. The fourth-order valence-corrected chi connectivity index (χ4v) is 3.03. The van der Waals surface area contributed by atoms with Crippen molar-refractivity contribution in [3.05, 3.63) is 69.8 Å². The summed E-state index contributed by atoms with van der Waals surface area (Å²) >= 11 is 0. The summed E-state index contributed by atoms with van der Waals surface area (Å²) in [6.07, 6.45) is 1.15. The smallest absolute Gasteiger partial charge is 0.0584 e. The van der Waals surface area contributed by atoms with Crippen molar-refractivity contribution in [3.63, 3.8) is 0 Å². The lowest BCUT2D eigenvalue weighted by Crippen LogP contribution is -2.25. The minimum Gasteiger partial charge on any atom is -0.306 e. The van der Waals surface area contributed by atoms with E-state index in [0.29, 0.717) is 0 Å². The third kappa shape index (κ3) is 3.36. The third-order valence-corrected chi connectivity index (χ3v) is 4.39. The van der Waals surface area contributed by atoms with Gasteiger partial charge in [-0.15, -0.1) is 0 Å². The molecule has 0 heterocycles. The van der Waals surface area contributed by atoms with Crippen LogP contribution < -0.4 is 5.32 Å². The number of hydrogen-bond acceptors (Lipinski definition) is 1. The van der Waals surface area contributed by atoms with Crippen LogP contribution >= 0.6 is 0 Å². The van der Waals surface area contributed by atoms with Crippen LogP contribution in [0.5, 0.6) is 0 Å². The van der Waals surface area contributed by atoms with Crippen LogP contribution in [0.1, 0.15) is 52.8 Å². The predicted octanol–water partition coefficient (Wildman–Crippen LogP) is 5.01. The lowest BCUT2D eigenvalue weighted by molar-refractivity contribution is 0.591. The van der Waals surface area contributed by atoms with E-state index in [4.69, 9.17) is 0 Å². The van der Waals surface area contributed by atoms with Crippen molar-refractivity contribution in [2.75, 3.05) is 6.54 Å². The Bertz CT molecular complexity index is 593. The van der Waals surface area contributed by atoms with Crippen molar-refractivity contribution in [2.45, 2.75) is 47.1 Å². The van der Waals surface area contributed by atoms with Gasteiger partial charge in [-0.2, -0.15) is 0 Å². The van der Waals surface area contributed by atoms with Crippen LogP contribution in [0, 0.1) is 27.7 Å². The van der Waals surface area contributed by atoms with Gasteiger partial charge < -0.3 is 5.32 Å². The third-order valence-electron chi connectivity index (χ3n) is 4.39. The average molecular weight is 281 g/mol. The van der Waals surface area contributed by atoms with Gasteiger partial charge in [0.05, 0.1) is 6.04 Å². The lowest BCUT2D eigenvalue weighted by Gasteiger charge is -2.25. The van der Waals surface area contributed by atoms with Gasteiger partial charge in [-0.05, 0) is 74.0 Å². The maximum Gasteiger partial charge on any atom is 0.0584 e. The Morgan fingerprint density at radius 2 is 1.43 bits per heavy atom. The summed E-state index contributed by atoms with van der Waals surface area (Å²) < 4.78 is 0. The molecule has 0 aromatic heterocycles. The molecule has 0 radical (unpaired) electrons. The Balaban J connectivity index is 2.55. The molecular weight excluding hydrogens is 254 g/mol. The molecule has 112 valence electrons. The maximum absolute atomic E-state index is 3.75. The standard InChI is InChI=1S/C20H27N/c1-6-13-21-20(18-12-8-9-14(2)17(18)5)19-15(3)10-7-11-16(19)4/h7-12,20-21H,6,13H2,1-5H3. The average Bonchev–Trinajstić information content (AvgIpc) is 2.45. The van der Waals surface area contributed by atoms with Crippen LogP contribution in [-0.2, 0) is 0 Å². The summed E-state index contributed by atoms with van der Waals surface area (Å²) in [6.45, 7) is 12.1. The molecule has 2 aromatic carbocycles. The number of hydrogen-bond donors (Lipinski definition) is 1. The Hall–Kier alpha value is -1.60. The Labute approximate surface area is 129 Å². The summed E-state index contributed by atoms with van der Waals surface area (Å²) in [5, 5.41) is 3.75. The molecule has 0 amide bonds. The molecule has 0 aliphatic rings. The number of benzene rings is 2. The number of aryl methyl sites for hydroxylation is 3. The normalized spacial score (nSPS) is 12.4. The van der Waals surface area contributed by atoms with Gasteiger partial charge in [-0.25, -0.2) is 0 Å². The zero-order valence-electron chi connectivity index (χ0n) is 14.0. The van der Waals surface area contributed by atoms with E-state index in [-0.39, 0.29) is 6.04 Å². The maximum atomic E-state index is 3.75. The van der Waals surface area contributed by atoms with Crippen LogP contribution in [-0.4, -0.2) is 6.54 Å². The van der Waals surface area contributed by atoms with Crippen LogP contribution in [0.25, 0.3) is 0 Å². The molecular formula is C20H27N. The van der Waals surface area contributed by atoms with Gasteiger partial charge in [-0.1, -0.05) is 43.3 Å². The predicted molar refractivity (Wildman–Crippen MR) is 92.0 cm³/mol. The first-order valence-corrected chi connectivity index (χ1v) is 7.91. The van der Waals surface area contributed by atoms with Crippen LogP contribution in [0.3, 0.4) is 0 Å². The second-order valence-corrected chi connectivity index (χ2v) is 5.98. The van der Waals surface area contributed by atoms with E-state index in [1.807, 2.05) is 0 Å². The molecule has 0 aliphatic carbocycles. The molecule has 0 aliphatic heterocycles. The molecule has 0 saturated carbocycles.